The largest absolute Gasteiger partial charge is 0.396 e. The number of pyridine rings is 2. The summed E-state index contributed by atoms with van der Waals surface area (Å²) < 4.78 is 0. The number of unbranched alkanes of at least 4 members (excludes halogenated alkanes) is 1. The Bertz CT molecular complexity index is 637. The second kappa shape index (κ2) is 7.23. The summed E-state index contributed by atoms with van der Waals surface area (Å²) in [5, 5.41) is 0. The molecule has 0 saturated carbocycles. The van der Waals surface area contributed by atoms with Gasteiger partial charge in [-0.1, -0.05) is 13.3 Å². The summed E-state index contributed by atoms with van der Waals surface area (Å²) in [5.41, 5.74) is 13.0. The first-order valence-electron chi connectivity index (χ1n) is 6.96. The molecule has 0 fully saturated rings. The molecule has 110 valence electrons. The Morgan fingerprint density at radius 1 is 1.10 bits per heavy atom. The Hall–Kier alpha value is -2.63. The Morgan fingerprint density at radius 3 is 2.48 bits per heavy atom. The predicted octanol–water partition coefficient (Wildman–Crippen LogP) is 2.55. The first-order chi connectivity index (χ1) is 10.2. The molecule has 0 aliphatic rings. The van der Waals surface area contributed by atoms with Crippen LogP contribution in [0.25, 0.3) is 11.2 Å². The van der Waals surface area contributed by atoms with Crippen LogP contribution in [0.1, 0.15) is 25.6 Å². The summed E-state index contributed by atoms with van der Waals surface area (Å²) >= 11 is 0. The molecule has 0 spiro atoms. The summed E-state index contributed by atoms with van der Waals surface area (Å²) in [4.78, 5) is 15.5. The highest BCUT2D eigenvalue weighted by Crippen LogP contribution is 2.09. The Kier molecular flexibility index (Phi) is 5.09. The molecule has 3 rings (SSSR count). The number of hydrogen-bond donors (Lipinski definition) is 3. The number of fused-ring (bicyclic) bond motifs is 1. The van der Waals surface area contributed by atoms with E-state index in [0.717, 1.165) is 23.4 Å². The third-order valence-corrected chi connectivity index (χ3v) is 2.94. The highest BCUT2D eigenvalue weighted by atomic mass is 15.0. The van der Waals surface area contributed by atoms with Gasteiger partial charge in [-0.25, -0.2) is 15.0 Å². The second-order valence-corrected chi connectivity index (χ2v) is 4.64. The molecule has 0 atom stereocenters. The molecule has 5 N–H and O–H groups in total. The van der Waals surface area contributed by atoms with Crippen LogP contribution >= 0.6 is 0 Å². The molecule has 0 aliphatic heterocycles. The zero-order chi connectivity index (χ0) is 15.1. The van der Waals surface area contributed by atoms with Crippen molar-refractivity contribution in [2.75, 3.05) is 11.5 Å². The SMILES string of the molecule is CCCCc1nc2ncccc2[nH]1.Nc1cccnc1N. The molecular formula is C15H20N6. The lowest BCUT2D eigenvalue weighted by Gasteiger charge is -1.92. The van der Waals surface area contributed by atoms with Gasteiger partial charge in [-0.15, -0.1) is 0 Å². The first-order valence-corrected chi connectivity index (χ1v) is 6.96. The highest BCUT2D eigenvalue weighted by molar-refractivity contribution is 5.69. The number of aromatic nitrogens is 4. The quantitative estimate of drug-likeness (QED) is 0.685. The van der Waals surface area contributed by atoms with Gasteiger partial charge in [-0.3, -0.25) is 0 Å². The standard InChI is InChI=1S/C10H13N3.C5H7N3/c1-2-3-6-9-12-8-5-4-7-11-10(8)13-9;6-4-2-1-3-8-5(4)7/h4-5,7H,2-3,6H2,1H3,(H,11,12,13);1-3H,6H2,(H2,7,8). The van der Waals surface area contributed by atoms with Gasteiger partial charge in [0.05, 0.1) is 11.2 Å². The molecule has 3 aromatic heterocycles. The molecule has 0 aromatic carbocycles. The van der Waals surface area contributed by atoms with Crippen molar-refractivity contribution in [3.05, 3.63) is 42.5 Å². The number of imidazole rings is 1. The molecule has 0 radical (unpaired) electrons. The van der Waals surface area contributed by atoms with Crippen LogP contribution in [0.2, 0.25) is 0 Å². The predicted molar refractivity (Wildman–Crippen MR) is 85.6 cm³/mol. The Balaban J connectivity index is 0.000000173. The zero-order valence-corrected chi connectivity index (χ0v) is 12.1. The maximum Gasteiger partial charge on any atom is 0.177 e. The van der Waals surface area contributed by atoms with Crippen LogP contribution in [-0.4, -0.2) is 19.9 Å². The smallest absolute Gasteiger partial charge is 0.177 e. The average molecular weight is 284 g/mol. The number of aryl methyl sites for hydroxylation is 1. The minimum absolute atomic E-state index is 0.396. The molecule has 6 nitrogen and oxygen atoms in total. The van der Waals surface area contributed by atoms with E-state index in [1.165, 1.54) is 12.8 Å². The van der Waals surface area contributed by atoms with Crippen molar-refractivity contribution in [1.29, 1.82) is 0 Å². The van der Waals surface area contributed by atoms with Crippen LogP contribution in [-0.2, 0) is 6.42 Å². The number of nitrogens with two attached hydrogens (primary N) is 2. The summed E-state index contributed by atoms with van der Waals surface area (Å²) in [6, 6.07) is 7.38. The number of anilines is 2. The van der Waals surface area contributed by atoms with E-state index in [1.54, 1.807) is 24.5 Å². The summed E-state index contributed by atoms with van der Waals surface area (Å²) in [7, 11) is 0. The maximum atomic E-state index is 5.33. The van der Waals surface area contributed by atoms with Gasteiger partial charge in [0.25, 0.3) is 0 Å². The van der Waals surface area contributed by atoms with E-state index in [1.807, 2.05) is 12.1 Å². The van der Waals surface area contributed by atoms with Crippen molar-refractivity contribution < 1.29 is 0 Å². The molecule has 0 bridgehead atoms. The van der Waals surface area contributed by atoms with E-state index in [2.05, 4.69) is 26.9 Å². The van der Waals surface area contributed by atoms with E-state index >= 15 is 0 Å². The fraction of sp³-hybridized carbons (Fsp3) is 0.267. The fourth-order valence-corrected chi connectivity index (χ4v) is 1.79. The minimum atomic E-state index is 0.396. The van der Waals surface area contributed by atoms with Crippen LogP contribution in [0.5, 0.6) is 0 Å². The van der Waals surface area contributed by atoms with E-state index in [0.29, 0.717) is 11.5 Å². The zero-order valence-electron chi connectivity index (χ0n) is 12.1. The van der Waals surface area contributed by atoms with Gasteiger partial charge in [0, 0.05) is 18.8 Å². The van der Waals surface area contributed by atoms with Gasteiger partial charge in [0.1, 0.15) is 11.6 Å². The summed E-state index contributed by atoms with van der Waals surface area (Å²) in [5.74, 6) is 1.45. The van der Waals surface area contributed by atoms with E-state index < -0.39 is 0 Å². The summed E-state index contributed by atoms with van der Waals surface area (Å²) in [6.07, 6.45) is 6.77. The third kappa shape index (κ3) is 4.17. The number of H-pyrrole nitrogens is 1. The number of rotatable bonds is 3. The Labute approximate surface area is 123 Å². The van der Waals surface area contributed by atoms with Crippen LogP contribution in [0.4, 0.5) is 11.5 Å². The van der Waals surface area contributed by atoms with Crippen molar-refractivity contribution in [2.45, 2.75) is 26.2 Å². The van der Waals surface area contributed by atoms with Gasteiger partial charge in [0.2, 0.25) is 0 Å². The average Bonchev–Trinajstić information content (AvgIpc) is 2.91. The fourth-order valence-electron chi connectivity index (χ4n) is 1.79. The van der Waals surface area contributed by atoms with E-state index in [4.69, 9.17) is 11.5 Å². The van der Waals surface area contributed by atoms with Crippen molar-refractivity contribution in [3.63, 3.8) is 0 Å². The van der Waals surface area contributed by atoms with Crippen LogP contribution in [0.3, 0.4) is 0 Å². The maximum absolute atomic E-state index is 5.33. The molecule has 3 aromatic rings. The molecule has 0 amide bonds. The highest BCUT2D eigenvalue weighted by Gasteiger charge is 2.01. The number of hydrogen-bond acceptors (Lipinski definition) is 5. The van der Waals surface area contributed by atoms with Gasteiger partial charge in [0.15, 0.2) is 5.65 Å². The molecule has 3 heterocycles. The lowest BCUT2D eigenvalue weighted by atomic mass is 10.2. The lowest BCUT2D eigenvalue weighted by molar-refractivity contribution is 0.764. The summed E-state index contributed by atoms with van der Waals surface area (Å²) in [6.45, 7) is 2.18. The van der Waals surface area contributed by atoms with Crippen molar-refractivity contribution in [2.24, 2.45) is 0 Å². The first kappa shape index (κ1) is 14.8. The molecular weight excluding hydrogens is 264 g/mol. The molecule has 0 unspecified atom stereocenters. The lowest BCUT2D eigenvalue weighted by Crippen LogP contribution is -1.95. The van der Waals surface area contributed by atoms with Crippen molar-refractivity contribution in [3.8, 4) is 0 Å². The number of nitrogen functional groups attached to an aromatic ring is 2. The number of nitrogens with zero attached hydrogens (tertiary/aromatic N) is 3. The van der Waals surface area contributed by atoms with E-state index in [-0.39, 0.29) is 0 Å². The van der Waals surface area contributed by atoms with Crippen LogP contribution in [0.15, 0.2) is 36.7 Å². The second-order valence-electron chi connectivity index (χ2n) is 4.64. The van der Waals surface area contributed by atoms with E-state index in [9.17, 15) is 0 Å². The number of aromatic amines is 1. The van der Waals surface area contributed by atoms with Crippen molar-refractivity contribution >= 4 is 22.7 Å². The molecule has 21 heavy (non-hydrogen) atoms. The Morgan fingerprint density at radius 2 is 1.86 bits per heavy atom. The van der Waals surface area contributed by atoms with Crippen LogP contribution in [0, 0.1) is 0 Å². The van der Waals surface area contributed by atoms with Gasteiger partial charge < -0.3 is 16.5 Å². The molecule has 6 heteroatoms. The van der Waals surface area contributed by atoms with Gasteiger partial charge in [-0.2, -0.15) is 0 Å². The monoisotopic (exact) mass is 284 g/mol. The van der Waals surface area contributed by atoms with Gasteiger partial charge in [-0.05, 0) is 30.7 Å². The topological polar surface area (TPSA) is 106 Å². The minimum Gasteiger partial charge on any atom is -0.396 e. The van der Waals surface area contributed by atoms with Crippen LogP contribution < -0.4 is 11.5 Å². The van der Waals surface area contributed by atoms with Gasteiger partial charge >= 0.3 is 0 Å². The molecule has 0 aliphatic carbocycles. The molecule has 0 saturated heterocycles. The normalized spacial score (nSPS) is 10.1. The number of nitrogens with one attached hydrogen (secondary N) is 1. The third-order valence-electron chi connectivity index (χ3n) is 2.94. The van der Waals surface area contributed by atoms with Crippen molar-refractivity contribution in [1.82, 2.24) is 19.9 Å².